The zero-order valence-corrected chi connectivity index (χ0v) is 12.5. The van der Waals surface area contributed by atoms with Gasteiger partial charge >= 0.3 is 0 Å². The molecule has 4 heteroatoms. The Hall–Kier alpha value is -1.00. The molecule has 1 amide bonds. The molecule has 104 valence electrons. The topological polar surface area (TPSA) is 41.1 Å². The highest BCUT2D eigenvalue weighted by Crippen LogP contribution is 2.21. The number of nitrogens with one attached hydrogen (secondary N) is 2. The first kappa shape index (κ1) is 14.4. The van der Waals surface area contributed by atoms with Gasteiger partial charge in [-0.1, -0.05) is 12.1 Å². The average Bonchev–Trinajstić information content (AvgIpc) is 2.42. The third kappa shape index (κ3) is 4.55. The summed E-state index contributed by atoms with van der Waals surface area (Å²) in [7, 11) is 0. The lowest BCUT2D eigenvalue weighted by molar-refractivity contribution is -0.113. The molecule has 0 aliphatic carbocycles. The lowest BCUT2D eigenvalue weighted by atomic mass is 10.1. The van der Waals surface area contributed by atoms with Gasteiger partial charge in [0.25, 0.3) is 0 Å². The largest absolute Gasteiger partial charge is 0.325 e. The molecule has 0 spiro atoms. The average molecular weight is 278 g/mol. The zero-order chi connectivity index (χ0) is 13.7. The number of hydrogen-bond donors (Lipinski definition) is 2. The molecule has 1 aliphatic rings. The smallest absolute Gasteiger partial charge is 0.234 e. The number of amides is 1. The van der Waals surface area contributed by atoms with Crippen LogP contribution in [0.3, 0.4) is 0 Å². The van der Waals surface area contributed by atoms with Gasteiger partial charge in [-0.2, -0.15) is 0 Å². The van der Waals surface area contributed by atoms with E-state index in [1.807, 2.05) is 26.0 Å². The van der Waals surface area contributed by atoms with Crippen molar-refractivity contribution in [3.8, 4) is 0 Å². The van der Waals surface area contributed by atoms with Crippen LogP contribution in [0.1, 0.15) is 24.0 Å². The predicted octanol–water partition coefficient (Wildman–Crippen LogP) is 2.73. The Morgan fingerprint density at radius 2 is 2.11 bits per heavy atom. The lowest BCUT2D eigenvalue weighted by Crippen LogP contribution is -2.30. The molecule has 19 heavy (non-hydrogen) atoms. The van der Waals surface area contributed by atoms with Crippen molar-refractivity contribution in [2.24, 2.45) is 0 Å². The van der Waals surface area contributed by atoms with Crippen LogP contribution in [0.2, 0.25) is 0 Å². The predicted molar refractivity (Wildman–Crippen MR) is 82.9 cm³/mol. The monoisotopic (exact) mass is 278 g/mol. The van der Waals surface area contributed by atoms with Crippen molar-refractivity contribution in [3.63, 3.8) is 0 Å². The number of piperidine rings is 1. The van der Waals surface area contributed by atoms with Crippen molar-refractivity contribution in [3.05, 3.63) is 29.3 Å². The first-order chi connectivity index (χ1) is 9.15. The fraction of sp³-hybridized carbons (Fsp3) is 0.533. The number of hydrogen-bond acceptors (Lipinski definition) is 3. The van der Waals surface area contributed by atoms with E-state index < -0.39 is 0 Å². The number of carbonyl (C=O) groups excluding carboxylic acids is 1. The summed E-state index contributed by atoms with van der Waals surface area (Å²) in [6.07, 6.45) is 2.34. The van der Waals surface area contributed by atoms with Crippen LogP contribution in [-0.4, -0.2) is 30.0 Å². The zero-order valence-electron chi connectivity index (χ0n) is 11.7. The molecule has 0 radical (unpaired) electrons. The number of benzene rings is 1. The van der Waals surface area contributed by atoms with Crippen LogP contribution < -0.4 is 10.6 Å². The van der Waals surface area contributed by atoms with Crippen LogP contribution in [-0.2, 0) is 4.79 Å². The Labute approximate surface area is 119 Å². The standard InChI is InChI=1S/C15H22N2OS/c1-11-3-4-12(2)14(9-11)17-15(18)10-19-13-5-7-16-8-6-13/h3-4,9,13,16H,5-8,10H2,1-2H3,(H,17,18). The Morgan fingerprint density at radius 3 is 2.84 bits per heavy atom. The third-order valence-electron chi connectivity index (χ3n) is 3.40. The van der Waals surface area contributed by atoms with Crippen molar-refractivity contribution < 1.29 is 4.79 Å². The molecule has 0 atom stereocenters. The minimum Gasteiger partial charge on any atom is -0.325 e. The van der Waals surface area contributed by atoms with Crippen molar-refractivity contribution in [2.75, 3.05) is 24.2 Å². The van der Waals surface area contributed by atoms with Crippen molar-refractivity contribution in [1.29, 1.82) is 0 Å². The molecule has 1 saturated heterocycles. The second-order valence-electron chi connectivity index (χ2n) is 5.13. The molecule has 3 nitrogen and oxygen atoms in total. The van der Waals surface area contributed by atoms with Crippen LogP contribution in [0.15, 0.2) is 18.2 Å². The second kappa shape index (κ2) is 6.96. The molecule has 1 heterocycles. The molecule has 0 saturated carbocycles. The Bertz CT molecular complexity index is 442. The van der Waals surface area contributed by atoms with Crippen molar-refractivity contribution >= 4 is 23.4 Å². The molecule has 0 bridgehead atoms. The summed E-state index contributed by atoms with van der Waals surface area (Å²) < 4.78 is 0. The summed E-state index contributed by atoms with van der Waals surface area (Å²) in [6.45, 7) is 6.22. The van der Waals surface area contributed by atoms with E-state index in [4.69, 9.17) is 0 Å². The molecule has 1 aromatic rings. The summed E-state index contributed by atoms with van der Waals surface area (Å²) in [5.41, 5.74) is 3.23. The fourth-order valence-corrected chi connectivity index (χ4v) is 3.24. The van der Waals surface area contributed by atoms with Gasteiger partial charge in [0.15, 0.2) is 0 Å². The Morgan fingerprint density at radius 1 is 1.37 bits per heavy atom. The number of aryl methyl sites for hydroxylation is 2. The molecule has 2 N–H and O–H groups in total. The van der Waals surface area contributed by atoms with Crippen molar-refractivity contribution in [2.45, 2.75) is 31.9 Å². The normalized spacial score (nSPS) is 16.3. The van der Waals surface area contributed by atoms with E-state index in [9.17, 15) is 4.79 Å². The van der Waals surface area contributed by atoms with Crippen LogP contribution >= 0.6 is 11.8 Å². The van der Waals surface area contributed by atoms with E-state index in [0.717, 1.165) is 24.3 Å². The molecular weight excluding hydrogens is 256 g/mol. The van der Waals surface area contributed by atoms with Crippen LogP contribution in [0, 0.1) is 13.8 Å². The van der Waals surface area contributed by atoms with E-state index in [-0.39, 0.29) is 5.91 Å². The van der Waals surface area contributed by atoms with Gasteiger partial charge in [0.2, 0.25) is 5.91 Å². The van der Waals surface area contributed by atoms with E-state index in [1.165, 1.54) is 18.4 Å². The summed E-state index contributed by atoms with van der Waals surface area (Å²) in [4.78, 5) is 12.0. The van der Waals surface area contributed by atoms with Crippen LogP contribution in [0.25, 0.3) is 0 Å². The van der Waals surface area contributed by atoms with E-state index in [0.29, 0.717) is 11.0 Å². The SMILES string of the molecule is Cc1ccc(C)c(NC(=O)CSC2CCNCC2)c1. The highest BCUT2D eigenvalue weighted by atomic mass is 32.2. The number of thioether (sulfide) groups is 1. The minimum atomic E-state index is 0.109. The van der Waals surface area contributed by atoms with Gasteiger partial charge in [0.1, 0.15) is 0 Å². The number of rotatable bonds is 4. The molecule has 0 aromatic heterocycles. The van der Waals surface area contributed by atoms with Gasteiger partial charge < -0.3 is 10.6 Å². The number of carbonyl (C=O) groups is 1. The Kier molecular flexibility index (Phi) is 5.28. The lowest BCUT2D eigenvalue weighted by Gasteiger charge is -2.21. The molecule has 0 unspecified atom stereocenters. The summed E-state index contributed by atoms with van der Waals surface area (Å²) >= 11 is 1.78. The van der Waals surface area contributed by atoms with E-state index in [1.54, 1.807) is 11.8 Å². The molecule has 1 fully saturated rings. The van der Waals surface area contributed by atoms with Crippen molar-refractivity contribution in [1.82, 2.24) is 5.32 Å². The summed E-state index contributed by atoms with van der Waals surface area (Å²) in [6, 6.07) is 6.14. The van der Waals surface area contributed by atoms with E-state index in [2.05, 4.69) is 16.7 Å². The Balaban J connectivity index is 1.81. The van der Waals surface area contributed by atoms with Gasteiger partial charge in [0.05, 0.1) is 5.75 Å². The maximum absolute atomic E-state index is 12.0. The molecule has 1 aliphatic heterocycles. The summed E-state index contributed by atoms with van der Waals surface area (Å²) in [5.74, 6) is 0.662. The summed E-state index contributed by atoms with van der Waals surface area (Å²) in [5, 5.41) is 6.99. The minimum absolute atomic E-state index is 0.109. The van der Waals surface area contributed by atoms with E-state index >= 15 is 0 Å². The van der Waals surface area contributed by atoms with Crippen LogP contribution in [0.5, 0.6) is 0 Å². The van der Waals surface area contributed by atoms with Gasteiger partial charge in [-0.05, 0) is 57.0 Å². The molecule has 1 aromatic carbocycles. The first-order valence-electron chi connectivity index (χ1n) is 6.84. The van der Waals surface area contributed by atoms with Gasteiger partial charge in [0, 0.05) is 10.9 Å². The number of anilines is 1. The maximum atomic E-state index is 12.0. The highest BCUT2D eigenvalue weighted by Gasteiger charge is 2.15. The third-order valence-corrected chi connectivity index (χ3v) is 4.78. The maximum Gasteiger partial charge on any atom is 0.234 e. The van der Waals surface area contributed by atoms with Crippen LogP contribution in [0.4, 0.5) is 5.69 Å². The second-order valence-corrected chi connectivity index (χ2v) is 6.42. The van der Waals surface area contributed by atoms with Gasteiger partial charge in [-0.25, -0.2) is 0 Å². The quantitative estimate of drug-likeness (QED) is 0.890. The van der Waals surface area contributed by atoms with Gasteiger partial charge in [-0.15, -0.1) is 11.8 Å². The first-order valence-corrected chi connectivity index (χ1v) is 7.89. The van der Waals surface area contributed by atoms with Gasteiger partial charge in [-0.3, -0.25) is 4.79 Å². The molecular formula is C15H22N2OS. The fourth-order valence-electron chi connectivity index (χ4n) is 2.21. The highest BCUT2D eigenvalue weighted by molar-refractivity contribution is 8.00. The molecule has 2 rings (SSSR count).